The van der Waals surface area contributed by atoms with Gasteiger partial charge in [-0.2, -0.15) is 4.31 Å². The van der Waals surface area contributed by atoms with E-state index >= 15 is 0 Å². The number of sulfonamides is 1. The molecule has 0 aromatic carbocycles. The quantitative estimate of drug-likeness (QED) is 0.643. The van der Waals surface area contributed by atoms with Crippen molar-refractivity contribution in [2.45, 2.75) is 17.2 Å². The average Bonchev–Trinajstić information content (AvgIpc) is 3.43. The number of thiophene rings is 2. The molecule has 3 aromatic heterocycles. The van der Waals surface area contributed by atoms with Crippen LogP contribution >= 0.6 is 22.7 Å². The summed E-state index contributed by atoms with van der Waals surface area (Å²) in [4.78, 5) is 3.12. The summed E-state index contributed by atoms with van der Waals surface area (Å²) < 4.78 is 33.0. The Labute approximate surface area is 159 Å². The first-order valence-corrected chi connectivity index (χ1v) is 11.4. The van der Waals surface area contributed by atoms with E-state index in [2.05, 4.69) is 15.1 Å². The van der Waals surface area contributed by atoms with E-state index in [1.165, 1.54) is 11.3 Å². The van der Waals surface area contributed by atoms with Crippen LogP contribution in [-0.4, -0.2) is 54.0 Å². The van der Waals surface area contributed by atoms with Crippen molar-refractivity contribution in [2.75, 3.05) is 26.2 Å². The summed E-state index contributed by atoms with van der Waals surface area (Å²) >= 11 is 2.81. The summed E-state index contributed by atoms with van der Waals surface area (Å²) in [5.74, 6) is 1.09. The second-order valence-corrected chi connectivity index (χ2v) is 10.0. The fourth-order valence-corrected chi connectivity index (χ4v) is 6.14. The lowest BCUT2D eigenvalue weighted by Gasteiger charge is -2.35. The molecule has 0 amide bonds. The molecule has 1 saturated heterocycles. The standard InChI is InChI=1S/C16H18N4O3S3/c1-12(15-17-18-16(23-15)13-4-2-10-24-13)19-6-8-20(9-7-19)26(21,22)14-5-3-11-25-14/h2-5,10-12H,6-9H2,1H3/t12-/m0/s1. The van der Waals surface area contributed by atoms with Gasteiger partial charge in [0.25, 0.3) is 15.9 Å². The molecule has 4 heterocycles. The van der Waals surface area contributed by atoms with E-state index in [4.69, 9.17) is 4.42 Å². The third kappa shape index (κ3) is 3.35. The van der Waals surface area contributed by atoms with Crippen molar-refractivity contribution < 1.29 is 12.8 Å². The summed E-state index contributed by atoms with van der Waals surface area (Å²) in [7, 11) is -3.38. The first-order valence-electron chi connectivity index (χ1n) is 8.20. The fraction of sp³-hybridized carbons (Fsp3) is 0.375. The zero-order valence-electron chi connectivity index (χ0n) is 14.1. The van der Waals surface area contributed by atoms with Crippen LogP contribution in [0.5, 0.6) is 0 Å². The maximum atomic E-state index is 12.6. The second-order valence-electron chi connectivity index (χ2n) is 5.97. The van der Waals surface area contributed by atoms with Gasteiger partial charge in [-0.3, -0.25) is 4.90 Å². The number of aromatic nitrogens is 2. The zero-order chi connectivity index (χ0) is 18.1. The molecule has 1 fully saturated rings. The lowest BCUT2D eigenvalue weighted by atomic mass is 10.2. The Bertz CT molecular complexity index is 943. The Morgan fingerprint density at radius 1 is 1.08 bits per heavy atom. The molecule has 1 aliphatic heterocycles. The summed E-state index contributed by atoms with van der Waals surface area (Å²) in [6.07, 6.45) is 0. The van der Waals surface area contributed by atoms with Crippen molar-refractivity contribution in [3.05, 3.63) is 40.9 Å². The predicted molar refractivity (Wildman–Crippen MR) is 101 cm³/mol. The number of hydrogen-bond donors (Lipinski definition) is 0. The monoisotopic (exact) mass is 410 g/mol. The minimum absolute atomic E-state index is 0.0530. The molecule has 0 spiro atoms. The van der Waals surface area contributed by atoms with E-state index in [-0.39, 0.29) is 6.04 Å². The van der Waals surface area contributed by atoms with Crippen molar-refractivity contribution in [1.82, 2.24) is 19.4 Å². The molecule has 0 radical (unpaired) electrons. The number of hydrogen-bond acceptors (Lipinski definition) is 8. The lowest BCUT2D eigenvalue weighted by Crippen LogP contribution is -2.49. The third-order valence-corrected chi connectivity index (χ3v) is 8.57. The van der Waals surface area contributed by atoms with Gasteiger partial charge in [0.2, 0.25) is 5.89 Å². The molecule has 1 aliphatic rings. The van der Waals surface area contributed by atoms with Crippen LogP contribution in [0.2, 0.25) is 0 Å². The molecular weight excluding hydrogens is 392 g/mol. The number of nitrogens with zero attached hydrogens (tertiary/aromatic N) is 4. The topological polar surface area (TPSA) is 79.5 Å². The minimum atomic E-state index is -3.38. The Hall–Kier alpha value is -1.59. The lowest BCUT2D eigenvalue weighted by molar-refractivity contribution is 0.130. The van der Waals surface area contributed by atoms with E-state index in [9.17, 15) is 8.42 Å². The molecule has 26 heavy (non-hydrogen) atoms. The molecule has 138 valence electrons. The average molecular weight is 411 g/mol. The highest BCUT2D eigenvalue weighted by Gasteiger charge is 2.32. The van der Waals surface area contributed by atoms with Crippen LogP contribution in [0.3, 0.4) is 0 Å². The van der Waals surface area contributed by atoms with Gasteiger partial charge < -0.3 is 4.42 Å². The molecule has 0 aliphatic carbocycles. The third-order valence-electron chi connectivity index (χ3n) is 4.44. The van der Waals surface area contributed by atoms with Gasteiger partial charge in [-0.1, -0.05) is 12.1 Å². The molecule has 0 unspecified atom stereocenters. The van der Waals surface area contributed by atoms with Gasteiger partial charge in [0.15, 0.2) is 0 Å². The van der Waals surface area contributed by atoms with Crippen LogP contribution in [0, 0.1) is 0 Å². The van der Waals surface area contributed by atoms with Crippen LogP contribution in [0.1, 0.15) is 18.9 Å². The smallest absolute Gasteiger partial charge is 0.257 e. The highest BCUT2D eigenvalue weighted by atomic mass is 32.2. The van der Waals surface area contributed by atoms with Gasteiger partial charge in [-0.15, -0.1) is 32.9 Å². The first-order chi connectivity index (χ1) is 12.6. The summed E-state index contributed by atoms with van der Waals surface area (Å²) in [5.41, 5.74) is 0. The van der Waals surface area contributed by atoms with Crippen molar-refractivity contribution in [1.29, 1.82) is 0 Å². The Balaban J connectivity index is 1.42. The summed E-state index contributed by atoms with van der Waals surface area (Å²) in [5, 5.41) is 12.1. The molecule has 3 aromatic rings. The Morgan fingerprint density at radius 2 is 1.81 bits per heavy atom. The van der Waals surface area contributed by atoms with E-state index < -0.39 is 10.0 Å². The van der Waals surface area contributed by atoms with Gasteiger partial charge in [-0.05, 0) is 29.8 Å². The summed E-state index contributed by atoms with van der Waals surface area (Å²) in [6.45, 7) is 4.17. The van der Waals surface area contributed by atoms with Gasteiger partial charge in [0, 0.05) is 26.2 Å². The fourth-order valence-electron chi connectivity index (χ4n) is 2.93. The molecular formula is C16H18N4O3S3. The maximum absolute atomic E-state index is 12.6. The molecule has 0 N–H and O–H groups in total. The predicted octanol–water partition coefficient (Wildman–Crippen LogP) is 2.93. The van der Waals surface area contributed by atoms with E-state index in [1.807, 2.05) is 24.4 Å². The van der Waals surface area contributed by atoms with Gasteiger partial charge >= 0.3 is 0 Å². The molecule has 0 saturated carbocycles. The van der Waals surface area contributed by atoms with E-state index in [0.29, 0.717) is 42.2 Å². The van der Waals surface area contributed by atoms with Crippen LogP contribution in [0.4, 0.5) is 0 Å². The van der Waals surface area contributed by atoms with Crippen molar-refractivity contribution in [3.8, 4) is 10.8 Å². The molecule has 4 rings (SSSR count). The number of rotatable bonds is 5. The Kier molecular flexibility index (Phi) is 4.93. The van der Waals surface area contributed by atoms with E-state index in [0.717, 1.165) is 4.88 Å². The largest absolute Gasteiger partial charge is 0.418 e. The summed E-state index contributed by atoms with van der Waals surface area (Å²) in [6, 6.07) is 7.25. The molecule has 1 atom stereocenters. The molecule has 7 nitrogen and oxygen atoms in total. The van der Waals surface area contributed by atoms with Crippen LogP contribution in [0.25, 0.3) is 10.8 Å². The normalized spacial score (nSPS) is 18.2. The highest BCUT2D eigenvalue weighted by molar-refractivity contribution is 7.91. The van der Waals surface area contributed by atoms with Gasteiger partial charge in [0.1, 0.15) is 4.21 Å². The van der Waals surface area contributed by atoms with Crippen LogP contribution in [0.15, 0.2) is 43.7 Å². The minimum Gasteiger partial charge on any atom is -0.418 e. The maximum Gasteiger partial charge on any atom is 0.257 e. The highest BCUT2D eigenvalue weighted by Crippen LogP contribution is 2.28. The second kappa shape index (κ2) is 7.20. The van der Waals surface area contributed by atoms with Gasteiger partial charge in [0.05, 0.1) is 10.9 Å². The Morgan fingerprint density at radius 3 is 2.46 bits per heavy atom. The van der Waals surface area contributed by atoms with E-state index in [1.54, 1.807) is 33.2 Å². The first kappa shape index (κ1) is 17.8. The van der Waals surface area contributed by atoms with Crippen LogP contribution < -0.4 is 0 Å². The van der Waals surface area contributed by atoms with Crippen molar-refractivity contribution >= 4 is 32.7 Å². The molecule has 0 bridgehead atoms. The van der Waals surface area contributed by atoms with Crippen LogP contribution in [-0.2, 0) is 10.0 Å². The van der Waals surface area contributed by atoms with Crippen molar-refractivity contribution in [2.24, 2.45) is 0 Å². The zero-order valence-corrected chi connectivity index (χ0v) is 16.6. The SMILES string of the molecule is C[C@@H](c1nnc(-c2cccs2)o1)N1CCN(S(=O)(=O)c2cccs2)CC1. The number of piperazine rings is 1. The van der Waals surface area contributed by atoms with Crippen molar-refractivity contribution in [3.63, 3.8) is 0 Å². The molecule has 10 heteroatoms. The van der Waals surface area contributed by atoms with Gasteiger partial charge in [-0.25, -0.2) is 8.42 Å².